The molecular weight excluding hydrogens is 323 g/mol. The van der Waals surface area contributed by atoms with Crippen molar-refractivity contribution in [1.82, 2.24) is 0 Å². The number of hydrogen-bond donors (Lipinski definition) is 3. The molecule has 4 nitrogen and oxygen atoms in total. The molecule has 3 N–H and O–H groups in total. The van der Waals surface area contributed by atoms with E-state index in [0.29, 0.717) is 0 Å². The van der Waals surface area contributed by atoms with Crippen LogP contribution in [0.15, 0.2) is 0 Å². The Balaban J connectivity index is -0.0000000800. The zero-order valence-electron chi connectivity index (χ0n) is 2.70. The van der Waals surface area contributed by atoms with Crippen molar-refractivity contribution in [3.8, 4) is 0 Å². The zero-order valence-corrected chi connectivity index (χ0v) is 6.73. The second kappa shape index (κ2) is 7.08. The molecule has 0 heterocycles. The van der Waals surface area contributed by atoms with Crippen LogP contribution in [0.25, 0.3) is 0 Å². The van der Waals surface area contributed by atoms with Gasteiger partial charge in [-0.25, -0.2) is 4.57 Å². The van der Waals surface area contributed by atoms with Gasteiger partial charge < -0.3 is 14.7 Å². The molecule has 0 fully saturated rings. The third-order valence-corrected chi connectivity index (χ3v) is 0. The number of hydrogen-bond acceptors (Lipinski definition) is 1. The Labute approximate surface area is 112 Å². The first kappa shape index (κ1) is 16.5. The Hall–Kier alpha value is 2.97. The summed E-state index contributed by atoms with van der Waals surface area (Å²) >= 11 is 0. The van der Waals surface area contributed by atoms with Gasteiger partial charge in [-0.05, 0) is 0 Å². The third-order valence-electron chi connectivity index (χ3n) is 0. The van der Waals surface area contributed by atoms with Gasteiger partial charge in [-0.15, -0.1) is 0 Å². The normalized spacial score (nSPS) is 8.43. The van der Waals surface area contributed by atoms with Crippen LogP contribution < -0.4 is 0 Å². The van der Waals surface area contributed by atoms with Crippen molar-refractivity contribution in [2.75, 3.05) is 0 Å². The van der Waals surface area contributed by atoms with Crippen molar-refractivity contribution in [3.05, 3.63) is 0 Å². The maximum absolute atomic E-state index is 8.88. The van der Waals surface area contributed by atoms with Crippen LogP contribution in [0.3, 0.4) is 0 Å². The van der Waals surface area contributed by atoms with Gasteiger partial charge in [0.05, 0.1) is 0 Å². The molecule has 0 aliphatic rings. The average Bonchev–Trinajstić information content (AvgIpc) is 0.722. The number of rotatable bonds is 0. The molecular formula is H5CeO4PSr. The van der Waals surface area contributed by atoms with E-state index in [9.17, 15) is 0 Å². The van der Waals surface area contributed by atoms with Crippen LogP contribution in [0.5, 0.6) is 0 Å². The quantitative estimate of drug-likeness (QED) is 0.361. The molecule has 0 atom stereocenters. The first-order valence-electron chi connectivity index (χ1n) is 0.783. The topological polar surface area (TPSA) is 77.8 Å². The van der Waals surface area contributed by atoms with E-state index < -0.39 is 7.82 Å². The third kappa shape index (κ3) is 49.4. The molecule has 7 heteroatoms. The summed E-state index contributed by atoms with van der Waals surface area (Å²) in [6.07, 6.45) is 0. The van der Waals surface area contributed by atoms with E-state index in [1.165, 1.54) is 0 Å². The average molecular weight is 328 g/mol. The van der Waals surface area contributed by atoms with Gasteiger partial charge >= 0.3 is 53.3 Å². The van der Waals surface area contributed by atoms with Crippen molar-refractivity contribution in [2.45, 2.75) is 0 Å². The summed E-state index contributed by atoms with van der Waals surface area (Å²) in [5.74, 6) is 0. The fourth-order valence-corrected chi connectivity index (χ4v) is 0. The molecule has 0 aliphatic heterocycles. The van der Waals surface area contributed by atoms with Crippen molar-refractivity contribution >= 4 is 53.3 Å². The summed E-state index contributed by atoms with van der Waals surface area (Å²) < 4.78 is 8.88. The number of phosphoric acid groups is 1. The van der Waals surface area contributed by atoms with E-state index in [2.05, 4.69) is 0 Å². The van der Waals surface area contributed by atoms with E-state index in [-0.39, 0.29) is 87.2 Å². The summed E-state index contributed by atoms with van der Waals surface area (Å²) in [6.45, 7) is 0. The van der Waals surface area contributed by atoms with Crippen molar-refractivity contribution in [2.24, 2.45) is 0 Å². The molecule has 0 saturated heterocycles. The summed E-state index contributed by atoms with van der Waals surface area (Å²) in [7, 11) is -4.64. The fourth-order valence-electron chi connectivity index (χ4n) is 0. The summed E-state index contributed by atoms with van der Waals surface area (Å²) in [5, 5.41) is 0. The van der Waals surface area contributed by atoms with Gasteiger partial charge in [0.15, 0.2) is 0 Å². The van der Waals surface area contributed by atoms with Gasteiger partial charge in [0.25, 0.3) is 0 Å². The Morgan fingerprint density at radius 1 is 1.14 bits per heavy atom. The first-order chi connectivity index (χ1) is 2.00. The maximum atomic E-state index is 8.88. The second-order valence-electron chi connectivity index (χ2n) is 0.513. The molecule has 0 rings (SSSR count). The summed E-state index contributed by atoms with van der Waals surface area (Å²) in [4.78, 5) is 21.6. The molecule has 40 valence electrons. The van der Waals surface area contributed by atoms with Crippen LogP contribution in [-0.2, 0) is 4.57 Å². The van der Waals surface area contributed by atoms with Crippen molar-refractivity contribution < 1.29 is 61.0 Å². The van der Waals surface area contributed by atoms with E-state index >= 15 is 0 Å². The van der Waals surface area contributed by atoms with Crippen LogP contribution in [0.2, 0.25) is 0 Å². The van der Waals surface area contributed by atoms with Crippen LogP contribution in [0.4, 0.5) is 0 Å². The van der Waals surface area contributed by atoms with E-state index in [1.807, 2.05) is 0 Å². The van der Waals surface area contributed by atoms with E-state index in [0.717, 1.165) is 0 Å². The predicted octanol–water partition coefficient (Wildman–Crippen LogP) is -1.84. The standard InChI is InChI=1S/Ce.H3O4P.Sr.2H/c;1-5(2,3)4;;;/h;(H3,1,2,3,4);;;. The Bertz CT molecular complexity index is 57.8. The van der Waals surface area contributed by atoms with Gasteiger partial charge in [0.1, 0.15) is 0 Å². The Morgan fingerprint density at radius 3 is 1.14 bits per heavy atom. The molecule has 0 radical (unpaired) electrons. The first-order valence-corrected chi connectivity index (χ1v) is 2.35. The molecule has 0 aromatic rings. The molecule has 0 amide bonds. The molecule has 0 spiro atoms. The molecule has 0 unspecified atom stereocenters. The predicted molar refractivity (Wildman–Crippen MR) is 22.8 cm³/mol. The fraction of sp³-hybridized carbons (Fsp3) is 0. The van der Waals surface area contributed by atoms with Gasteiger partial charge in [-0.3, -0.25) is 0 Å². The van der Waals surface area contributed by atoms with Gasteiger partial charge in [-0.2, -0.15) is 0 Å². The molecule has 0 saturated carbocycles. The van der Waals surface area contributed by atoms with E-state index in [1.54, 1.807) is 0 Å². The molecule has 7 heavy (non-hydrogen) atoms. The van der Waals surface area contributed by atoms with E-state index in [4.69, 9.17) is 19.2 Å². The van der Waals surface area contributed by atoms with Gasteiger partial charge in [-0.1, -0.05) is 0 Å². The summed E-state index contributed by atoms with van der Waals surface area (Å²) in [5.41, 5.74) is 0. The SMILES string of the molecule is O=P(O)(O)O.[Ce].[SrH2]. The Kier molecular flexibility index (Phi) is 16.7. The Morgan fingerprint density at radius 2 is 1.14 bits per heavy atom. The summed E-state index contributed by atoms with van der Waals surface area (Å²) in [6, 6.07) is 0. The monoisotopic (exact) mass is 328 g/mol. The second-order valence-corrected chi connectivity index (χ2v) is 1.54. The van der Waals surface area contributed by atoms with Crippen molar-refractivity contribution in [1.29, 1.82) is 0 Å². The molecule has 0 aromatic heterocycles. The van der Waals surface area contributed by atoms with Crippen LogP contribution in [0, 0.1) is 41.7 Å². The van der Waals surface area contributed by atoms with Crippen LogP contribution >= 0.6 is 7.82 Å². The minimum absolute atomic E-state index is 0. The molecule has 0 aromatic carbocycles. The molecule has 0 aliphatic carbocycles. The van der Waals surface area contributed by atoms with Gasteiger partial charge in [0, 0.05) is 41.7 Å². The van der Waals surface area contributed by atoms with Gasteiger partial charge in [0.2, 0.25) is 0 Å². The van der Waals surface area contributed by atoms with Crippen LogP contribution in [0.1, 0.15) is 0 Å². The van der Waals surface area contributed by atoms with Crippen molar-refractivity contribution in [3.63, 3.8) is 0 Å². The zero-order chi connectivity index (χ0) is 4.50. The van der Waals surface area contributed by atoms with Crippen LogP contribution in [-0.4, -0.2) is 60.2 Å². The molecule has 0 bridgehead atoms. The minimum atomic E-state index is -4.64.